The summed E-state index contributed by atoms with van der Waals surface area (Å²) in [5.41, 5.74) is -0.429. The molecule has 0 N–H and O–H groups in total. The molecule has 21 heavy (non-hydrogen) atoms. The van der Waals surface area contributed by atoms with Gasteiger partial charge in [0.2, 0.25) is 0 Å². The van der Waals surface area contributed by atoms with Crippen molar-refractivity contribution in [1.82, 2.24) is 14.8 Å². The largest absolute Gasteiger partial charge is 0.368 e. The van der Waals surface area contributed by atoms with Crippen LogP contribution in [0.15, 0.2) is 30.9 Å². The van der Waals surface area contributed by atoms with Gasteiger partial charge in [0.05, 0.1) is 13.2 Å². The fraction of sp³-hybridized carbons (Fsp3) is 0.467. The predicted molar refractivity (Wildman–Crippen MR) is 72.4 cm³/mol. The van der Waals surface area contributed by atoms with E-state index in [1.165, 1.54) is 18.5 Å². The lowest BCUT2D eigenvalue weighted by atomic mass is 9.86. The third kappa shape index (κ3) is 2.68. The molecule has 1 aromatic heterocycles. The van der Waals surface area contributed by atoms with Crippen LogP contribution in [0, 0.1) is 17.6 Å². The molecule has 1 aliphatic heterocycles. The van der Waals surface area contributed by atoms with Crippen molar-refractivity contribution >= 4 is 0 Å². The summed E-state index contributed by atoms with van der Waals surface area (Å²) in [6, 6.07) is 3.64. The summed E-state index contributed by atoms with van der Waals surface area (Å²) in [5, 5.41) is 4.08. The van der Waals surface area contributed by atoms with E-state index in [4.69, 9.17) is 4.74 Å². The Labute approximate surface area is 121 Å². The number of benzene rings is 1. The summed E-state index contributed by atoms with van der Waals surface area (Å²) >= 11 is 0. The number of halogens is 2. The number of hydrogen-bond acceptors (Lipinski definition) is 3. The first-order valence-electron chi connectivity index (χ1n) is 7.05. The molecule has 1 unspecified atom stereocenters. The fourth-order valence-corrected chi connectivity index (χ4v) is 2.94. The normalized spacial score (nSPS) is 25.4. The summed E-state index contributed by atoms with van der Waals surface area (Å²) in [6.07, 6.45) is 4.65. The van der Waals surface area contributed by atoms with Gasteiger partial charge in [0.15, 0.2) is 0 Å². The molecule has 0 aliphatic carbocycles. The Hall–Kier alpha value is -1.82. The molecule has 1 saturated heterocycles. The minimum absolute atomic E-state index is 0.359. The Morgan fingerprint density at radius 1 is 1.43 bits per heavy atom. The van der Waals surface area contributed by atoms with Crippen LogP contribution in [0.1, 0.15) is 25.3 Å². The number of hydrogen-bond donors (Lipinski definition) is 0. The topological polar surface area (TPSA) is 39.9 Å². The maximum atomic E-state index is 14.2. The maximum absolute atomic E-state index is 14.2. The van der Waals surface area contributed by atoms with Gasteiger partial charge >= 0.3 is 0 Å². The van der Waals surface area contributed by atoms with Crippen molar-refractivity contribution < 1.29 is 13.5 Å². The van der Waals surface area contributed by atoms with Gasteiger partial charge in [-0.2, -0.15) is 5.10 Å². The van der Waals surface area contributed by atoms with Crippen molar-refractivity contribution in [3.05, 3.63) is 48.1 Å². The molecule has 4 nitrogen and oxygen atoms in total. The molecule has 112 valence electrons. The standard InChI is InChI=1S/C15H17F2N3O/c1-2-11-6-15(21-7-11,8-20-10-18-9-19-20)13-4-3-12(16)5-14(13)17/h3-5,9-11H,2,6-8H2,1H3/t11-,15?/m0/s1. The second-order valence-electron chi connectivity index (χ2n) is 5.50. The van der Waals surface area contributed by atoms with E-state index in [1.807, 2.05) is 0 Å². The molecule has 2 atom stereocenters. The Bertz CT molecular complexity index is 617. The average Bonchev–Trinajstić information content (AvgIpc) is 3.09. The van der Waals surface area contributed by atoms with Crippen LogP contribution in [0.25, 0.3) is 0 Å². The van der Waals surface area contributed by atoms with Crippen LogP contribution in [-0.4, -0.2) is 21.4 Å². The van der Waals surface area contributed by atoms with Crippen LogP contribution in [0.4, 0.5) is 8.78 Å². The first-order valence-corrected chi connectivity index (χ1v) is 7.05. The van der Waals surface area contributed by atoms with Gasteiger partial charge in [-0.1, -0.05) is 19.4 Å². The van der Waals surface area contributed by atoms with Crippen molar-refractivity contribution in [2.75, 3.05) is 6.61 Å². The van der Waals surface area contributed by atoms with Gasteiger partial charge in [-0.3, -0.25) is 0 Å². The lowest BCUT2D eigenvalue weighted by Crippen LogP contribution is -2.32. The minimum atomic E-state index is -0.813. The van der Waals surface area contributed by atoms with Gasteiger partial charge in [0, 0.05) is 11.6 Å². The highest BCUT2D eigenvalue weighted by Crippen LogP contribution is 2.42. The Morgan fingerprint density at radius 2 is 2.29 bits per heavy atom. The molecule has 1 aliphatic rings. The van der Waals surface area contributed by atoms with Gasteiger partial charge in [0.25, 0.3) is 0 Å². The second-order valence-corrected chi connectivity index (χ2v) is 5.50. The second kappa shape index (κ2) is 5.52. The first kappa shape index (κ1) is 14.1. The van der Waals surface area contributed by atoms with E-state index in [-0.39, 0.29) is 0 Å². The molecular weight excluding hydrogens is 276 g/mol. The van der Waals surface area contributed by atoms with Crippen LogP contribution in [0.2, 0.25) is 0 Å². The van der Waals surface area contributed by atoms with Gasteiger partial charge < -0.3 is 4.74 Å². The van der Waals surface area contributed by atoms with Gasteiger partial charge in [-0.05, 0) is 18.4 Å². The number of ether oxygens (including phenoxy) is 1. The summed E-state index contributed by atoms with van der Waals surface area (Å²) in [6.45, 7) is 3.02. The van der Waals surface area contributed by atoms with Crippen molar-refractivity contribution in [3.8, 4) is 0 Å². The molecule has 2 aromatic rings. The molecular formula is C15H17F2N3O. The predicted octanol–water partition coefficient (Wildman–Crippen LogP) is 2.90. The van der Waals surface area contributed by atoms with Gasteiger partial charge in [-0.15, -0.1) is 0 Å². The van der Waals surface area contributed by atoms with Gasteiger partial charge in [-0.25, -0.2) is 18.4 Å². The SMILES string of the molecule is CC[C@@H]1COC(Cn2cncn2)(c2ccc(F)cc2F)C1. The molecule has 0 radical (unpaired) electrons. The van der Waals surface area contributed by atoms with E-state index in [1.54, 1.807) is 11.0 Å². The van der Waals surface area contributed by atoms with Crippen molar-refractivity contribution in [1.29, 1.82) is 0 Å². The zero-order chi connectivity index (χ0) is 14.9. The highest BCUT2D eigenvalue weighted by atomic mass is 19.1. The van der Waals surface area contributed by atoms with Crippen LogP contribution >= 0.6 is 0 Å². The molecule has 0 spiro atoms. The van der Waals surface area contributed by atoms with E-state index in [2.05, 4.69) is 17.0 Å². The average molecular weight is 293 g/mol. The molecule has 0 saturated carbocycles. The summed E-state index contributed by atoms with van der Waals surface area (Å²) < 4.78 is 35.0. The van der Waals surface area contributed by atoms with Crippen LogP contribution in [-0.2, 0) is 16.9 Å². The fourth-order valence-electron chi connectivity index (χ4n) is 2.94. The number of aromatic nitrogens is 3. The third-order valence-corrected chi connectivity index (χ3v) is 4.10. The third-order valence-electron chi connectivity index (χ3n) is 4.10. The van der Waals surface area contributed by atoms with E-state index >= 15 is 0 Å². The van der Waals surface area contributed by atoms with Crippen molar-refractivity contribution in [3.63, 3.8) is 0 Å². The number of nitrogens with zero attached hydrogens (tertiary/aromatic N) is 3. The molecule has 1 fully saturated rings. The quantitative estimate of drug-likeness (QED) is 0.870. The lowest BCUT2D eigenvalue weighted by molar-refractivity contribution is -0.0204. The van der Waals surface area contributed by atoms with Crippen molar-refractivity contribution in [2.24, 2.45) is 5.92 Å². The van der Waals surface area contributed by atoms with E-state index in [0.717, 1.165) is 12.5 Å². The molecule has 0 bridgehead atoms. The highest BCUT2D eigenvalue weighted by Gasteiger charge is 2.43. The van der Waals surface area contributed by atoms with Crippen LogP contribution in [0.5, 0.6) is 0 Å². The Balaban J connectivity index is 1.99. The molecule has 3 rings (SSSR count). The zero-order valence-corrected chi connectivity index (χ0v) is 11.8. The number of rotatable bonds is 4. The molecule has 2 heterocycles. The molecule has 0 amide bonds. The smallest absolute Gasteiger partial charge is 0.137 e. The summed E-state index contributed by atoms with van der Waals surface area (Å²) in [7, 11) is 0. The zero-order valence-electron chi connectivity index (χ0n) is 11.8. The van der Waals surface area contributed by atoms with E-state index in [9.17, 15) is 8.78 Å². The minimum Gasteiger partial charge on any atom is -0.368 e. The Morgan fingerprint density at radius 3 is 2.90 bits per heavy atom. The van der Waals surface area contributed by atoms with E-state index < -0.39 is 17.2 Å². The first-order chi connectivity index (χ1) is 10.1. The lowest BCUT2D eigenvalue weighted by Gasteiger charge is -2.29. The summed E-state index contributed by atoms with van der Waals surface area (Å²) in [5.74, 6) is -0.804. The molecule has 1 aromatic carbocycles. The maximum Gasteiger partial charge on any atom is 0.137 e. The van der Waals surface area contributed by atoms with Crippen molar-refractivity contribution in [2.45, 2.75) is 31.9 Å². The van der Waals surface area contributed by atoms with E-state index in [0.29, 0.717) is 31.1 Å². The Kier molecular flexibility index (Phi) is 3.71. The van der Waals surface area contributed by atoms with Gasteiger partial charge in [0.1, 0.15) is 29.9 Å². The van der Waals surface area contributed by atoms with Crippen LogP contribution in [0.3, 0.4) is 0 Å². The summed E-state index contributed by atoms with van der Waals surface area (Å²) in [4.78, 5) is 3.91. The highest BCUT2D eigenvalue weighted by molar-refractivity contribution is 5.26. The van der Waals surface area contributed by atoms with Crippen LogP contribution < -0.4 is 0 Å². The monoisotopic (exact) mass is 293 g/mol. The molecule has 6 heteroatoms.